The van der Waals surface area contributed by atoms with E-state index in [0.717, 1.165) is 6.42 Å². The summed E-state index contributed by atoms with van der Waals surface area (Å²) in [6.07, 6.45) is 0.364. The fourth-order valence-corrected chi connectivity index (χ4v) is 0.542. The molecular formula is C7H15NO3. The van der Waals surface area contributed by atoms with Crippen molar-refractivity contribution >= 4 is 6.09 Å². The number of hydrogen-bond donors (Lipinski definition) is 1. The zero-order valence-electron chi connectivity index (χ0n) is 7.05. The molecule has 0 aromatic carbocycles. The zero-order chi connectivity index (χ0) is 8.53. The highest BCUT2D eigenvalue weighted by molar-refractivity contribution is 5.66. The van der Waals surface area contributed by atoms with Crippen molar-refractivity contribution in [3.63, 3.8) is 0 Å². The molecule has 1 amide bonds. The van der Waals surface area contributed by atoms with Gasteiger partial charge >= 0.3 is 6.09 Å². The SMILES string of the molecule is CCOCCCOC(=O)NC. The molecule has 0 atom stereocenters. The largest absolute Gasteiger partial charge is 0.449 e. The first-order chi connectivity index (χ1) is 5.31. The van der Waals surface area contributed by atoms with Crippen LogP contribution in [0.2, 0.25) is 0 Å². The van der Waals surface area contributed by atoms with Crippen LogP contribution in [0, 0.1) is 0 Å². The van der Waals surface area contributed by atoms with Gasteiger partial charge in [0.1, 0.15) is 0 Å². The first-order valence-electron chi connectivity index (χ1n) is 3.73. The minimum atomic E-state index is -0.388. The Morgan fingerprint density at radius 1 is 1.45 bits per heavy atom. The molecule has 0 aliphatic heterocycles. The number of rotatable bonds is 5. The second-order valence-corrected chi connectivity index (χ2v) is 1.94. The Morgan fingerprint density at radius 2 is 2.18 bits per heavy atom. The van der Waals surface area contributed by atoms with Crippen LogP contribution >= 0.6 is 0 Å². The fourth-order valence-electron chi connectivity index (χ4n) is 0.542. The summed E-state index contributed by atoms with van der Waals surface area (Å²) in [5.74, 6) is 0. The number of ether oxygens (including phenoxy) is 2. The Kier molecular flexibility index (Phi) is 6.82. The summed E-state index contributed by atoms with van der Waals surface area (Å²) in [4.78, 5) is 10.5. The molecule has 11 heavy (non-hydrogen) atoms. The number of nitrogens with one attached hydrogen (secondary N) is 1. The Morgan fingerprint density at radius 3 is 2.73 bits per heavy atom. The maximum Gasteiger partial charge on any atom is 0.406 e. The topological polar surface area (TPSA) is 47.6 Å². The van der Waals surface area contributed by atoms with Gasteiger partial charge in [0.15, 0.2) is 0 Å². The Balaban J connectivity index is 2.95. The van der Waals surface area contributed by atoms with Gasteiger partial charge in [-0.15, -0.1) is 0 Å². The summed E-state index contributed by atoms with van der Waals surface area (Å²) >= 11 is 0. The molecule has 0 spiro atoms. The van der Waals surface area contributed by atoms with Crippen LogP contribution in [0.5, 0.6) is 0 Å². The third kappa shape index (κ3) is 7.12. The van der Waals surface area contributed by atoms with Crippen molar-refractivity contribution in [3.8, 4) is 0 Å². The molecule has 66 valence electrons. The molecule has 0 saturated carbocycles. The predicted molar refractivity (Wildman–Crippen MR) is 41.5 cm³/mol. The average molecular weight is 161 g/mol. The lowest BCUT2D eigenvalue weighted by Crippen LogP contribution is -2.20. The van der Waals surface area contributed by atoms with Crippen LogP contribution in [0.3, 0.4) is 0 Å². The van der Waals surface area contributed by atoms with Gasteiger partial charge in [-0.05, 0) is 6.92 Å². The monoisotopic (exact) mass is 161 g/mol. The molecule has 0 aromatic heterocycles. The third-order valence-corrected chi connectivity index (χ3v) is 1.07. The number of carbonyl (C=O) groups excluding carboxylic acids is 1. The smallest absolute Gasteiger partial charge is 0.406 e. The Hall–Kier alpha value is -0.770. The highest BCUT2D eigenvalue weighted by Crippen LogP contribution is 1.84. The number of alkyl carbamates (subject to hydrolysis) is 1. The van der Waals surface area contributed by atoms with E-state index in [4.69, 9.17) is 9.47 Å². The van der Waals surface area contributed by atoms with Crippen molar-refractivity contribution in [3.05, 3.63) is 0 Å². The van der Waals surface area contributed by atoms with E-state index < -0.39 is 0 Å². The second kappa shape index (κ2) is 7.34. The van der Waals surface area contributed by atoms with Gasteiger partial charge in [-0.1, -0.05) is 0 Å². The van der Waals surface area contributed by atoms with Gasteiger partial charge in [0.2, 0.25) is 0 Å². The average Bonchev–Trinajstić information content (AvgIpc) is 2.04. The maximum atomic E-state index is 10.5. The van der Waals surface area contributed by atoms with Gasteiger partial charge < -0.3 is 14.8 Å². The molecule has 0 unspecified atom stereocenters. The Bertz CT molecular complexity index is 106. The van der Waals surface area contributed by atoms with Crippen LogP contribution in [0.1, 0.15) is 13.3 Å². The molecule has 4 nitrogen and oxygen atoms in total. The van der Waals surface area contributed by atoms with E-state index in [9.17, 15) is 4.79 Å². The lowest BCUT2D eigenvalue weighted by molar-refractivity contribution is 0.108. The molecule has 1 N–H and O–H groups in total. The molecule has 0 radical (unpaired) electrons. The van der Waals surface area contributed by atoms with Crippen LogP contribution in [0.15, 0.2) is 0 Å². The van der Waals surface area contributed by atoms with E-state index in [1.54, 1.807) is 0 Å². The van der Waals surface area contributed by atoms with Gasteiger partial charge in [-0.2, -0.15) is 0 Å². The molecule has 0 aromatic rings. The zero-order valence-corrected chi connectivity index (χ0v) is 7.05. The Labute approximate surface area is 66.9 Å². The van der Waals surface area contributed by atoms with E-state index in [-0.39, 0.29) is 6.09 Å². The van der Waals surface area contributed by atoms with Crippen LogP contribution in [-0.4, -0.2) is 33.0 Å². The normalized spacial score (nSPS) is 9.27. The van der Waals surface area contributed by atoms with E-state index in [1.807, 2.05) is 6.92 Å². The van der Waals surface area contributed by atoms with Gasteiger partial charge in [0.25, 0.3) is 0 Å². The van der Waals surface area contributed by atoms with Gasteiger partial charge in [0, 0.05) is 26.7 Å². The highest BCUT2D eigenvalue weighted by Gasteiger charge is 1.95. The first-order valence-corrected chi connectivity index (χ1v) is 3.73. The highest BCUT2D eigenvalue weighted by atomic mass is 16.5. The molecular weight excluding hydrogens is 146 g/mol. The first kappa shape index (κ1) is 10.2. The molecule has 4 heteroatoms. The van der Waals surface area contributed by atoms with Gasteiger partial charge in [-0.25, -0.2) is 4.79 Å². The van der Waals surface area contributed by atoms with Crippen molar-refractivity contribution in [1.29, 1.82) is 0 Å². The molecule has 0 bridgehead atoms. The minimum absolute atomic E-state index is 0.388. The van der Waals surface area contributed by atoms with Crippen LogP contribution < -0.4 is 5.32 Å². The lowest BCUT2D eigenvalue weighted by Gasteiger charge is -2.02. The van der Waals surface area contributed by atoms with E-state index in [0.29, 0.717) is 19.8 Å². The van der Waals surface area contributed by atoms with Crippen LogP contribution in [0.25, 0.3) is 0 Å². The molecule has 0 aliphatic rings. The summed E-state index contributed by atoms with van der Waals surface area (Å²) in [6.45, 7) is 3.70. The summed E-state index contributed by atoms with van der Waals surface area (Å²) in [5, 5.41) is 2.35. The van der Waals surface area contributed by atoms with Crippen molar-refractivity contribution in [1.82, 2.24) is 5.32 Å². The van der Waals surface area contributed by atoms with E-state index in [2.05, 4.69) is 5.32 Å². The van der Waals surface area contributed by atoms with Crippen LogP contribution in [0.4, 0.5) is 4.79 Å². The fraction of sp³-hybridized carbons (Fsp3) is 0.857. The van der Waals surface area contributed by atoms with E-state index in [1.165, 1.54) is 7.05 Å². The predicted octanol–water partition coefficient (Wildman–Crippen LogP) is 0.769. The lowest BCUT2D eigenvalue weighted by atomic mass is 10.5. The second-order valence-electron chi connectivity index (χ2n) is 1.94. The molecule has 0 heterocycles. The third-order valence-electron chi connectivity index (χ3n) is 1.07. The number of amides is 1. The quantitative estimate of drug-likeness (QED) is 0.606. The number of carbonyl (C=O) groups is 1. The van der Waals surface area contributed by atoms with Crippen LogP contribution in [-0.2, 0) is 9.47 Å². The van der Waals surface area contributed by atoms with Gasteiger partial charge in [0.05, 0.1) is 6.61 Å². The van der Waals surface area contributed by atoms with Crippen molar-refractivity contribution in [2.45, 2.75) is 13.3 Å². The summed E-state index contributed by atoms with van der Waals surface area (Å²) < 4.78 is 9.74. The maximum absolute atomic E-state index is 10.5. The standard InChI is InChI=1S/C7H15NO3/c1-3-10-5-4-6-11-7(9)8-2/h3-6H2,1-2H3,(H,8,9). The summed E-state index contributed by atoms with van der Waals surface area (Å²) in [6, 6.07) is 0. The van der Waals surface area contributed by atoms with Crippen molar-refractivity contribution in [2.24, 2.45) is 0 Å². The molecule has 0 rings (SSSR count). The summed E-state index contributed by atoms with van der Waals surface area (Å²) in [7, 11) is 1.53. The minimum Gasteiger partial charge on any atom is -0.449 e. The molecule has 0 saturated heterocycles. The molecule has 0 aliphatic carbocycles. The van der Waals surface area contributed by atoms with E-state index >= 15 is 0 Å². The van der Waals surface area contributed by atoms with Gasteiger partial charge in [-0.3, -0.25) is 0 Å². The number of hydrogen-bond acceptors (Lipinski definition) is 3. The van der Waals surface area contributed by atoms with Crippen molar-refractivity contribution in [2.75, 3.05) is 26.9 Å². The summed E-state index contributed by atoms with van der Waals surface area (Å²) in [5.41, 5.74) is 0. The van der Waals surface area contributed by atoms with Crippen molar-refractivity contribution < 1.29 is 14.3 Å². The molecule has 0 fully saturated rings.